The van der Waals surface area contributed by atoms with E-state index in [2.05, 4.69) is 26.9 Å². The summed E-state index contributed by atoms with van der Waals surface area (Å²) < 4.78 is 17.0. The molecule has 0 saturated carbocycles. The number of halogens is 1. The van der Waals surface area contributed by atoms with Gasteiger partial charge in [0.1, 0.15) is 5.82 Å². The van der Waals surface area contributed by atoms with Gasteiger partial charge in [-0.05, 0) is 45.0 Å². The van der Waals surface area contributed by atoms with Crippen molar-refractivity contribution in [3.05, 3.63) is 65.8 Å². The number of nitrogens with zero attached hydrogens (tertiary/aromatic N) is 4. The van der Waals surface area contributed by atoms with Crippen molar-refractivity contribution in [2.75, 3.05) is 0 Å². The number of hydrogen-bond acceptors (Lipinski definition) is 3. The Labute approximate surface area is 141 Å². The van der Waals surface area contributed by atoms with Gasteiger partial charge < -0.3 is 9.88 Å². The molecule has 126 valence electrons. The number of hydrogen-bond donors (Lipinski definition) is 1. The van der Waals surface area contributed by atoms with E-state index >= 15 is 0 Å². The molecule has 0 aliphatic heterocycles. The van der Waals surface area contributed by atoms with E-state index in [0.29, 0.717) is 6.04 Å². The van der Waals surface area contributed by atoms with Crippen LogP contribution in [0, 0.1) is 19.7 Å². The fourth-order valence-corrected chi connectivity index (χ4v) is 2.82. The molecule has 0 aliphatic rings. The molecular formula is C18H22FN5. The van der Waals surface area contributed by atoms with Crippen LogP contribution in [0.3, 0.4) is 0 Å². The Balaban J connectivity index is 1.71. The van der Waals surface area contributed by atoms with Gasteiger partial charge in [-0.1, -0.05) is 0 Å². The van der Waals surface area contributed by atoms with Crippen molar-refractivity contribution in [2.45, 2.75) is 39.9 Å². The number of benzene rings is 1. The zero-order valence-corrected chi connectivity index (χ0v) is 14.2. The van der Waals surface area contributed by atoms with Gasteiger partial charge in [0, 0.05) is 42.8 Å². The lowest BCUT2D eigenvalue weighted by Crippen LogP contribution is -2.30. The van der Waals surface area contributed by atoms with E-state index in [0.717, 1.165) is 30.2 Å². The molecule has 5 nitrogen and oxygen atoms in total. The summed E-state index contributed by atoms with van der Waals surface area (Å²) in [4.78, 5) is 4.06. The van der Waals surface area contributed by atoms with Crippen molar-refractivity contribution in [1.82, 2.24) is 24.6 Å². The molecule has 3 aromatic rings. The van der Waals surface area contributed by atoms with Crippen LogP contribution < -0.4 is 5.32 Å². The van der Waals surface area contributed by atoms with Gasteiger partial charge in [-0.2, -0.15) is 5.10 Å². The maximum Gasteiger partial charge on any atom is 0.123 e. The molecule has 0 fully saturated rings. The van der Waals surface area contributed by atoms with Gasteiger partial charge in [0.15, 0.2) is 0 Å². The summed E-state index contributed by atoms with van der Waals surface area (Å²) in [7, 11) is 0. The van der Waals surface area contributed by atoms with Crippen LogP contribution in [-0.4, -0.2) is 25.4 Å². The van der Waals surface area contributed by atoms with E-state index in [1.165, 1.54) is 17.7 Å². The van der Waals surface area contributed by atoms with Gasteiger partial charge in [-0.15, -0.1) is 0 Å². The molecule has 0 aliphatic carbocycles. The average Bonchev–Trinajstić information content (AvgIpc) is 3.15. The summed E-state index contributed by atoms with van der Waals surface area (Å²) in [5, 5.41) is 8.13. The van der Waals surface area contributed by atoms with E-state index in [4.69, 9.17) is 0 Å². The second-order valence-corrected chi connectivity index (χ2v) is 6.08. The maximum atomic E-state index is 13.1. The van der Waals surface area contributed by atoms with Gasteiger partial charge in [0.2, 0.25) is 0 Å². The predicted molar refractivity (Wildman–Crippen MR) is 91.5 cm³/mol. The summed E-state index contributed by atoms with van der Waals surface area (Å²) in [6.45, 7) is 7.81. The largest absolute Gasteiger partial charge is 0.336 e. The molecule has 0 saturated heterocycles. The van der Waals surface area contributed by atoms with Gasteiger partial charge >= 0.3 is 0 Å². The van der Waals surface area contributed by atoms with E-state index in [-0.39, 0.29) is 5.82 Å². The fourth-order valence-electron chi connectivity index (χ4n) is 2.82. The van der Waals surface area contributed by atoms with E-state index in [9.17, 15) is 4.39 Å². The lowest BCUT2D eigenvalue weighted by Gasteiger charge is -2.14. The molecule has 6 heteroatoms. The zero-order chi connectivity index (χ0) is 17.1. The van der Waals surface area contributed by atoms with Crippen LogP contribution in [0.25, 0.3) is 5.69 Å². The Bertz CT molecular complexity index is 790. The smallest absolute Gasteiger partial charge is 0.123 e. The minimum absolute atomic E-state index is 0.240. The third-order valence-electron chi connectivity index (χ3n) is 4.18. The lowest BCUT2D eigenvalue weighted by atomic mass is 10.2. The van der Waals surface area contributed by atoms with Gasteiger partial charge in [-0.3, -0.25) is 0 Å². The van der Waals surface area contributed by atoms with Crippen molar-refractivity contribution in [1.29, 1.82) is 0 Å². The van der Waals surface area contributed by atoms with Crippen LogP contribution >= 0.6 is 0 Å². The van der Waals surface area contributed by atoms with Gasteiger partial charge in [0.05, 0.1) is 17.7 Å². The molecule has 0 bridgehead atoms. The molecule has 24 heavy (non-hydrogen) atoms. The van der Waals surface area contributed by atoms with Crippen LogP contribution in [0.1, 0.15) is 23.9 Å². The van der Waals surface area contributed by atoms with Crippen molar-refractivity contribution < 1.29 is 4.39 Å². The molecule has 2 aromatic heterocycles. The van der Waals surface area contributed by atoms with Crippen LogP contribution in [0.5, 0.6) is 0 Å². The first kappa shape index (κ1) is 16.4. The number of nitrogens with one attached hydrogen (secondary N) is 1. The highest BCUT2D eigenvalue weighted by atomic mass is 19.1. The highest BCUT2D eigenvalue weighted by Crippen LogP contribution is 2.18. The Morgan fingerprint density at radius 2 is 1.96 bits per heavy atom. The minimum atomic E-state index is -0.240. The van der Waals surface area contributed by atoms with Crippen LogP contribution in [-0.2, 0) is 13.1 Å². The topological polar surface area (TPSA) is 47.7 Å². The average molecular weight is 327 g/mol. The number of imidazole rings is 1. The van der Waals surface area contributed by atoms with Crippen LogP contribution in [0.4, 0.5) is 4.39 Å². The standard InChI is InChI=1S/C18H22FN5/c1-13(11-23-9-8-20-12-23)21-10-18-14(2)22-24(15(18)3)17-6-4-16(19)5-7-17/h4-9,12-13,21H,10-11H2,1-3H3/t13-/m0/s1. The Morgan fingerprint density at radius 1 is 1.21 bits per heavy atom. The van der Waals surface area contributed by atoms with E-state index in [1.807, 2.05) is 31.1 Å². The summed E-state index contributed by atoms with van der Waals surface area (Å²) in [6, 6.07) is 6.71. The normalized spacial score (nSPS) is 12.5. The molecule has 3 rings (SSSR count). The zero-order valence-electron chi connectivity index (χ0n) is 14.2. The quantitative estimate of drug-likeness (QED) is 0.757. The minimum Gasteiger partial charge on any atom is -0.336 e. The number of aryl methyl sites for hydroxylation is 1. The van der Waals surface area contributed by atoms with Crippen molar-refractivity contribution in [2.24, 2.45) is 0 Å². The Hall–Kier alpha value is -2.47. The third-order valence-corrected chi connectivity index (χ3v) is 4.18. The fraction of sp³-hybridized carbons (Fsp3) is 0.333. The molecule has 2 heterocycles. The molecule has 0 amide bonds. The van der Waals surface area contributed by atoms with E-state index < -0.39 is 0 Å². The summed E-state index contributed by atoms with van der Waals surface area (Å²) in [5.74, 6) is -0.240. The third kappa shape index (κ3) is 3.54. The van der Waals surface area contributed by atoms with Crippen molar-refractivity contribution in [3.8, 4) is 5.69 Å². The molecule has 0 radical (unpaired) electrons. The van der Waals surface area contributed by atoms with Crippen molar-refractivity contribution in [3.63, 3.8) is 0 Å². The first-order valence-electron chi connectivity index (χ1n) is 8.04. The molecule has 1 aromatic carbocycles. The molecular weight excluding hydrogens is 305 g/mol. The van der Waals surface area contributed by atoms with Gasteiger partial charge in [-0.25, -0.2) is 14.1 Å². The first-order valence-corrected chi connectivity index (χ1v) is 8.04. The second kappa shape index (κ2) is 6.97. The summed E-state index contributed by atoms with van der Waals surface area (Å²) >= 11 is 0. The van der Waals surface area contributed by atoms with Crippen LogP contribution in [0.2, 0.25) is 0 Å². The Kier molecular flexibility index (Phi) is 4.76. The highest BCUT2D eigenvalue weighted by molar-refractivity contribution is 5.37. The van der Waals surface area contributed by atoms with E-state index in [1.54, 1.807) is 18.3 Å². The number of rotatable bonds is 6. The van der Waals surface area contributed by atoms with Crippen LogP contribution in [0.15, 0.2) is 43.0 Å². The molecule has 1 N–H and O–H groups in total. The lowest BCUT2D eigenvalue weighted by molar-refractivity contribution is 0.475. The summed E-state index contributed by atoms with van der Waals surface area (Å²) in [5.41, 5.74) is 4.10. The monoisotopic (exact) mass is 327 g/mol. The second-order valence-electron chi connectivity index (χ2n) is 6.08. The summed E-state index contributed by atoms with van der Waals surface area (Å²) in [6.07, 6.45) is 5.57. The predicted octanol–water partition coefficient (Wildman–Crippen LogP) is 3.00. The number of aromatic nitrogens is 4. The van der Waals surface area contributed by atoms with Crippen molar-refractivity contribution >= 4 is 0 Å². The first-order chi connectivity index (χ1) is 11.5. The van der Waals surface area contributed by atoms with Gasteiger partial charge in [0.25, 0.3) is 0 Å². The molecule has 0 spiro atoms. The maximum absolute atomic E-state index is 13.1. The molecule has 0 unspecified atom stereocenters. The Morgan fingerprint density at radius 3 is 2.62 bits per heavy atom. The molecule has 1 atom stereocenters. The highest BCUT2D eigenvalue weighted by Gasteiger charge is 2.13. The SMILES string of the molecule is Cc1nn(-c2ccc(F)cc2)c(C)c1CN[C@@H](C)Cn1ccnc1.